The quantitative estimate of drug-likeness (QED) is 0.684. The van der Waals surface area contributed by atoms with Gasteiger partial charge in [0, 0.05) is 25.1 Å². The van der Waals surface area contributed by atoms with Crippen molar-refractivity contribution < 1.29 is 27.5 Å². The Morgan fingerprint density at radius 1 is 1.35 bits per heavy atom. The van der Waals surface area contributed by atoms with E-state index < -0.39 is 38.9 Å². The second-order valence-electron chi connectivity index (χ2n) is 7.97. The highest BCUT2D eigenvalue weighted by Crippen LogP contribution is 2.51. The maximum atomic E-state index is 12.7. The van der Waals surface area contributed by atoms with Crippen LogP contribution in [-0.2, 0) is 29.0 Å². The zero-order valence-corrected chi connectivity index (χ0v) is 16.6. The van der Waals surface area contributed by atoms with E-state index in [1.54, 1.807) is 20.8 Å². The highest BCUT2D eigenvalue weighted by Gasteiger charge is 2.62. The van der Waals surface area contributed by atoms with Crippen LogP contribution in [-0.4, -0.2) is 61.6 Å². The topological polar surface area (TPSA) is 110 Å². The largest absolute Gasteiger partial charge is 0.460 e. The smallest absolute Gasteiger partial charge is 0.312 e. The van der Waals surface area contributed by atoms with Crippen molar-refractivity contribution in [1.82, 2.24) is 10.2 Å². The molecule has 2 fully saturated rings. The fourth-order valence-corrected chi connectivity index (χ4v) is 3.56. The molecule has 2 amide bonds. The predicted molar refractivity (Wildman–Crippen MR) is 94.6 cm³/mol. The van der Waals surface area contributed by atoms with Gasteiger partial charge >= 0.3 is 5.97 Å². The molecule has 0 bridgehead atoms. The lowest BCUT2D eigenvalue weighted by Gasteiger charge is -2.30. The van der Waals surface area contributed by atoms with E-state index in [9.17, 15) is 22.8 Å². The molecule has 3 atom stereocenters. The first kappa shape index (κ1) is 20.4. The van der Waals surface area contributed by atoms with Crippen LogP contribution in [0.5, 0.6) is 0 Å². The average molecular weight is 386 g/mol. The van der Waals surface area contributed by atoms with Gasteiger partial charge in [0.15, 0.2) is 9.84 Å². The van der Waals surface area contributed by atoms with Gasteiger partial charge in [-0.25, -0.2) is 8.42 Å². The third-order valence-electron chi connectivity index (χ3n) is 4.52. The Bertz CT molecular complexity index is 752. The first-order valence-corrected chi connectivity index (χ1v) is 10.4. The zero-order chi connectivity index (χ0) is 19.9. The highest BCUT2D eigenvalue weighted by atomic mass is 32.2. The lowest BCUT2D eigenvalue weighted by atomic mass is 10.1. The van der Waals surface area contributed by atoms with Crippen molar-refractivity contribution in [3.63, 3.8) is 0 Å². The van der Waals surface area contributed by atoms with Crippen molar-refractivity contribution in [2.45, 2.75) is 57.2 Å². The normalized spacial score (nSPS) is 28.7. The van der Waals surface area contributed by atoms with Crippen LogP contribution in [0.15, 0.2) is 11.5 Å². The maximum Gasteiger partial charge on any atom is 0.312 e. The fraction of sp³-hybridized carbons (Fsp3) is 0.706. The van der Waals surface area contributed by atoms with Gasteiger partial charge in [-0.05, 0) is 39.7 Å². The van der Waals surface area contributed by atoms with Crippen LogP contribution < -0.4 is 5.32 Å². The monoisotopic (exact) mass is 386 g/mol. The summed E-state index contributed by atoms with van der Waals surface area (Å²) in [5.41, 5.74) is -1.75. The third-order valence-corrected chi connectivity index (χ3v) is 5.15. The van der Waals surface area contributed by atoms with Crippen LogP contribution in [0, 0.1) is 5.92 Å². The van der Waals surface area contributed by atoms with Crippen molar-refractivity contribution in [1.29, 1.82) is 0 Å². The Hall–Kier alpha value is -1.90. The Kier molecular flexibility index (Phi) is 5.24. The summed E-state index contributed by atoms with van der Waals surface area (Å²) < 4.78 is 28.5. The summed E-state index contributed by atoms with van der Waals surface area (Å²) in [4.78, 5) is 37.9. The van der Waals surface area contributed by atoms with E-state index in [0.29, 0.717) is 6.42 Å². The highest BCUT2D eigenvalue weighted by molar-refractivity contribution is 7.93. The van der Waals surface area contributed by atoms with Gasteiger partial charge in [0.05, 0.1) is 11.5 Å². The molecule has 2 aliphatic rings. The number of carbonyl (C=O) groups excluding carboxylic acids is 3. The number of nitrogens with one attached hydrogen (secondary N) is 1. The van der Waals surface area contributed by atoms with E-state index >= 15 is 0 Å². The lowest BCUT2D eigenvalue weighted by Crippen LogP contribution is -2.49. The molecule has 2 unspecified atom stereocenters. The van der Waals surface area contributed by atoms with Crippen molar-refractivity contribution in [2.75, 3.05) is 13.3 Å². The number of carbonyl (C=O) groups is 3. The molecular formula is C17H26N2O6S. The van der Waals surface area contributed by atoms with Gasteiger partial charge in [-0.15, -0.1) is 0 Å². The van der Waals surface area contributed by atoms with Crippen LogP contribution in [0.4, 0.5) is 0 Å². The SMILES string of the molecule is CN(C(=O)[C@H]1CCC(=O)N1)C1(/C=C/S(C)(=O)=O)CC1C(=O)OC(C)(C)C. The van der Waals surface area contributed by atoms with Gasteiger partial charge in [-0.2, -0.15) is 0 Å². The van der Waals surface area contributed by atoms with Crippen LogP contribution in [0.25, 0.3) is 0 Å². The van der Waals surface area contributed by atoms with Gasteiger partial charge in [-0.1, -0.05) is 0 Å². The number of hydrogen-bond acceptors (Lipinski definition) is 6. The molecule has 1 N–H and O–H groups in total. The van der Waals surface area contributed by atoms with E-state index in [0.717, 1.165) is 11.7 Å². The van der Waals surface area contributed by atoms with Gasteiger partial charge in [0.1, 0.15) is 11.6 Å². The van der Waals surface area contributed by atoms with Crippen LogP contribution in [0.1, 0.15) is 40.0 Å². The van der Waals surface area contributed by atoms with Crippen molar-refractivity contribution in [3.8, 4) is 0 Å². The predicted octanol–water partition coefficient (Wildman–Crippen LogP) is 0.382. The molecule has 0 aromatic heterocycles. The summed E-state index contributed by atoms with van der Waals surface area (Å²) >= 11 is 0. The van der Waals surface area contributed by atoms with Gasteiger partial charge in [0.2, 0.25) is 11.8 Å². The molecule has 1 saturated heterocycles. The summed E-state index contributed by atoms with van der Waals surface area (Å²) in [6, 6.07) is -0.657. The lowest BCUT2D eigenvalue weighted by molar-refractivity contribution is -0.157. The first-order chi connectivity index (χ1) is 11.8. The molecular weight excluding hydrogens is 360 g/mol. The Labute approximate surface area is 153 Å². The average Bonchev–Trinajstić information content (AvgIpc) is 3.08. The molecule has 1 saturated carbocycles. The first-order valence-electron chi connectivity index (χ1n) is 8.44. The molecule has 0 radical (unpaired) electrons. The minimum Gasteiger partial charge on any atom is -0.460 e. The summed E-state index contributed by atoms with van der Waals surface area (Å²) in [5, 5.41) is 3.61. The minimum atomic E-state index is -3.43. The molecule has 0 aromatic carbocycles. The second-order valence-corrected chi connectivity index (χ2v) is 9.90. The van der Waals surface area contributed by atoms with Crippen LogP contribution in [0.3, 0.4) is 0 Å². The number of likely N-dealkylation sites (N-methyl/N-ethyl adjacent to an activating group) is 1. The molecule has 1 heterocycles. The molecule has 1 aliphatic carbocycles. The molecule has 0 aromatic rings. The van der Waals surface area contributed by atoms with Gasteiger partial charge in [-0.3, -0.25) is 14.4 Å². The number of sulfone groups is 1. The molecule has 9 heteroatoms. The van der Waals surface area contributed by atoms with Crippen molar-refractivity contribution >= 4 is 27.6 Å². The third kappa shape index (κ3) is 4.63. The van der Waals surface area contributed by atoms with E-state index in [2.05, 4.69) is 5.32 Å². The standard InChI is InChI=1S/C17H26N2O6S/c1-16(2,3)25-15(22)11-10-17(11,8-9-26(5,23)24)19(4)14(21)12-6-7-13(20)18-12/h8-9,11-12H,6-7,10H2,1-5H3,(H,18,20)/b9-8+/t11?,12-,17?/m1/s1. The van der Waals surface area contributed by atoms with E-state index in [1.807, 2.05) is 0 Å². The van der Waals surface area contributed by atoms with Crippen LogP contribution >= 0.6 is 0 Å². The number of hydrogen-bond donors (Lipinski definition) is 1. The van der Waals surface area contributed by atoms with E-state index in [4.69, 9.17) is 4.74 Å². The minimum absolute atomic E-state index is 0.197. The Morgan fingerprint density at radius 3 is 2.42 bits per heavy atom. The van der Waals surface area contributed by atoms with Gasteiger partial charge in [0.25, 0.3) is 0 Å². The zero-order valence-electron chi connectivity index (χ0n) is 15.7. The van der Waals surface area contributed by atoms with Gasteiger partial charge < -0.3 is 15.0 Å². The number of rotatable bonds is 5. The summed E-state index contributed by atoms with van der Waals surface area (Å²) in [7, 11) is -1.91. The number of esters is 1. The molecule has 146 valence electrons. The number of nitrogens with zero attached hydrogens (tertiary/aromatic N) is 1. The summed E-state index contributed by atoms with van der Waals surface area (Å²) in [6.07, 6.45) is 3.35. The molecule has 1 aliphatic heterocycles. The molecule has 26 heavy (non-hydrogen) atoms. The summed E-state index contributed by atoms with van der Waals surface area (Å²) in [6.45, 7) is 5.22. The second kappa shape index (κ2) is 6.68. The molecule has 2 rings (SSSR count). The Balaban J connectivity index is 2.25. The van der Waals surface area contributed by atoms with Crippen LogP contribution in [0.2, 0.25) is 0 Å². The van der Waals surface area contributed by atoms with Crippen molar-refractivity contribution in [3.05, 3.63) is 11.5 Å². The Morgan fingerprint density at radius 2 is 1.96 bits per heavy atom. The summed E-state index contributed by atoms with van der Waals surface area (Å²) in [5.74, 6) is -1.67. The molecule has 8 nitrogen and oxygen atoms in total. The number of ether oxygens (including phenoxy) is 1. The van der Waals surface area contributed by atoms with E-state index in [-0.39, 0.29) is 24.7 Å². The number of amides is 2. The molecule has 0 spiro atoms. The van der Waals surface area contributed by atoms with E-state index in [1.165, 1.54) is 18.0 Å². The van der Waals surface area contributed by atoms with Crippen molar-refractivity contribution in [2.24, 2.45) is 5.92 Å². The maximum absolute atomic E-state index is 12.7. The fourth-order valence-electron chi connectivity index (χ4n) is 3.07.